The molecule has 0 saturated heterocycles. The molecule has 5 heteroatoms. The molecule has 1 atom stereocenters. The lowest BCUT2D eigenvalue weighted by Crippen LogP contribution is -2.30. The number of carbonyl (C=O) groups excluding carboxylic acids is 1. The fraction of sp³-hybridized carbons (Fsp3) is 0.214. The van der Waals surface area contributed by atoms with E-state index in [-0.39, 0.29) is 5.91 Å². The highest BCUT2D eigenvalue weighted by Gasteiger charge is 2.19. The Balaban J connectivity index is 1.89. The molecule has 1 aromatic carbocycles. The Morgan fingerprint density at radius 1 is 1.42 bits per heavy atom. The van der Waals surface area contributed by atoms with Gasteiger partial charge in [0.2, 0.25) is 5.91 Å². The predicted octanol–water partition coefficient (Wildman–Crippen LogP) is 2.11. The highest BCUT2D eigenvalue weighted by atomic mass is 32.1. The molecule has 4 nitrogen and oxygen atoms in total. The summed E-state index contributed by atoms with van der Waals surface area (Å²) in [6.45, 7) is 0.494. The lowest BCUT2D eigenvalue weighted by molar-refractivity contribution is -0.121. The van der Waals surface area contributed by atoms with E-state index in [1.165, 1.54) is 11.3 Å². The maximum atomic E-state index is 12.0. The number of thiazole rings is 1. The third-order valence-corrected chi connectivity index (χ3v) is 3.32. The Bertz CT molecular complexity index is 560. The van der Waals surface area contributed by atoms with Crippen molar-refractivity contribution in [1.29, 1.82) is 5.26 Å². The Labute approximate surface area is 115 Å². The molecule has 96 valence electrons. The Hall–Kier alpha value is -2.19. The van der Waals surface area contributed by atoms with E-state index in [9.17, 15) is 4.79 Å². The van der Waals surface area contributed by atoms with E-state index in [0.29, 0.717) is 13.0 Å². The van der Waals surface area contributed by atoms with Gasteiger partial charge in [0.15, 0.2) is 0 Å². The summed E-state index contributed by atoms with van der Waals surface area (Å²) in [6, 6.07) is 11.1. The summed E-state index contributed by atoms with van der Waals surface area (Å²) in [5.41, 5.74) is 3.44. The van der Waals surface area contributed by atoms with Crippen molar-refractivity contribution in [1.82, 2.24) is 10.3 Å². The van der Waals surface area contributed by atoms with E-state index >= 15 is 0 Å². The van der Waals surface area contributed by atoms with Gasteiger partial charge in [-0.25, -0.2) is 4.98 Å². The standard InChI is InChI=1S/C14H13N3OS/c15-8-13(11-4-2-1-3-5-11)14(18)16-7-6-12-9-19-10-17-12/h1-5,9-10,13H,6-7H2,(H,16,18). The fourth-order valence-electron chi connectivity index (χ4n) is 1.71. The second kappa shape index (κ2) is 6.66. The lowest BCUT2D eigenvalue weighted by Gasteiger charge is -2.09. The zero-order chi connectivity index (χ0) is 13.5. The summed E-state index contributed by atoms with van der Waals surface area (Å²) < 4.78 is 0. The normalized spacial score (nSPS) is 11.5. The Morgan fingerprint density at radius 3 is 2.84 bits per heavy atom. The number of amides is 1. The van der Waals surface area contributed by atoms with Gasteiger partial charge in [-0.3, -0.25) is 4.79 Å². The van der Waals surface area contributed by atoms with E-state index in [2.05, 4.69) is 10.3 Å². The number of nitrogens with one attached hydrogen (secondary N) is 1. The van der Waals surface area contributed by atoms with Crippen LogP contribution in [0.15, 0.2) is 41.2 Å². The van der Waals surface area contributed by atoms with Crippen molar-refractivity contribution in [2.45, 2.75) is 12.3 Å². The van der Waals surface area contributed by atoms with Crippen LogP contribution >= 0.6 is 11.3 Å². The van der Waals surface area contributed by atoms with Gasteiger partial charge in [0, 0.05) is 18.3 Å². The van der Waals surface area contributed by atoms with Crippen LogP contribution in [0.25, 0.3) is 0 Å². The van der Waals surface area contributed by atoms with Crippen LogP contribution in [0.5, 0.6) is 0 Å². The summed E-state index contributed by atoms with van der Waals surface area (Å²) in [4.78, 5) is 16.1. The predicted molar refractivity (Wildman–Crippen MR) is 73.6 cm³/mol. The lowest BCUT2D eigenvalue weighted by atomic mass is 10.00. The van der Waals surface area contributed by atoms with Gasteiger partial charge in [0.25, 0.3) is 0 Å². The molecule has 0 bridgehead atoms. The molecule has 0 saturated carbocycles. The minimum Gasteiger partial charge on any atom is -0.354 e. The number of benzene rings is 1. The Kier molecular flexibility index (Phi) is 4.65. The average molecular weight is 271 g/mol. The van der Waals surface area contributed by atoms with Crippen LogP contribution in [-0.4, -0.2) is 17.4 Å². The summed E-state index contributed by atoms with van der Waals surface area (Å²) in [6.07, 6.45) is 0.683. The molecule has 19 heavy (non-hydrogen) atoms. The first kappa shape index (κ1) is 13.2. The minimum atomic E-state index is -0.753. The van der Waals surface area contributed by atoms with E-state index in [1.54, 1.807) is 17.6 Å². The van der Waals surface area contributed by atoms with Gasteiger partial charge < -0.3 is 5.32 Å². The van der Waals surface area contributed by atoms with Gasteiger partial charge >= 0.3 is 0 Å². The summed E-state index contributed by atoms with van der Waals surface area (Å²) in [5.74, 6) is -1.01. The molecular weight excluding hydrogens is 258 g/mol. The highest BCUT2D eigenvalue weighted by Crippen LogP contribution is 2.14. The number of aromatic nitrogens is 1. The fourth-order valence-corrected chi connectivity index (χ4v) is 2.30. The van der Waals surface area contributed by atoms with Gasteiger partial charge in [0.1, 0.15) is 5.92 Å². The quantitative estimate of drug-likeness (QED) is 0.905. The van der Waals surface area contributed by atoms with E-state index in [0.717, 1.165) is 11.3 Å². The summed E-state index contributed by atoms with van der Waals surface area (Å²) >= 11 is 1.53. The van der Waals surface area contributed by atoms with Gasteiger partial charge in [-0.1, -0.05) is 30.3 Å². The second-order valence-electron chi connectivity index (χ2n) is 3.99. The van der Waals surface area contributed by atoms with Crippen molar-refractivity contribution in [3.63, 3.8) is 0 Å². The first-order chi connectivity index (χ1) is 9.31. The molecule has 0 aliphatic carbocycles. The van der Waals surface area contributed by atoms with E-state index < -0.39 is 5.92 Å². The van der Waals surface area contributed by atoms with Gasteiger partial charge in [-0.05, 0) is 5.56 Å². The first-order valence-corrected chi connectivity index (χ1v) is 6.85. The van der Waals surface area contributed by atoms with Crippen molar-refractivity contribution in [2.24, 2.45) is 0 Å². The molecule has 0 radical (unpaired) electrons. The van der Waals surface area contributed by atoms with Crippen LogP contribution in [0.3, 0.4) is 0 Å². The van der Waals surface area contributed by atoms with Crippen LogP contribution in [0.1, 0.15) is 17.2 Å². The molecular formula is C14H13N3OS. The average Bonchev–Trinajstić information content (AvgIpc) is 2.94. The zero-order valence-corrected chi connectivity index (χ0v) is 11.1. The van der Waals surface area contributed by atoms with Crippen LogP contribution < -0.4 is 5.32 Å². The smallest absolute Gasteiger partial charge is 0.241 e. The third kappa shape index (κ3) is 3.63. The Morgan fingerprint density at radius 2 is 2.21 bits per heavy atom. The van der Waals surface area contributed by atoms with Gasteiger partial charge in [-0.15, -0.1) is 11.3 Å². The van der Waals surface area contributed by atoms with E-state index in [4.69, 9.17) is 5.26 Å². The molecule has 1 amide bonds. The highest BCUT2D eigenvalue weighted by molar-refractivity contribution is 7.07. The first-order valence-electron chi connectivity index (χ1n) is 5.90. The second-order valence-corrected chi connectivity index (χ2v) is 4.71. The molecule has 1 aromatic heterocycles. The largest absolute Gasteiger partial charge is 0.354 e. The monoisotopic (exact) mass is 271 g/mol. The van der Waals surface area contributed by atoms with E-state index in [1.807, 2.05) is 29.6 Å². The number of hydrogen-bond donors (Lipinski definition) is 1. The molecule has 0 spiro atoms. The molecule has 0 aliphatic rings. The van der Waals surface area contributed by atoms with Crippen LogP contribution in [-0.2, 0) is 11.2 Å². The number of carbonyl (C=O) groups is 1. The van der Waals surface area contributed by atoms with Gasteiger partial charge in [-0.2, -0.15) is 5.26 Å². The molecule has 1 unspecified atom stereocenters. The minimum absolute atomic E-state index is 0.260. The number of rotatable bonds is 5. The van der Waals surface area contributed by atoms with Crippen LogP contribution in [0.4, 0.5) is 0 Å². The topological polar surface area (TPSA) is 65.8 Å². The van der Waals surface area contributed by atoms with Crippen molar-refractivity contribution in [2.75, 3.05) is 6.54 Å². The van der Waals surface area contributed by atoms with Crippen LogP contribution in [0.2, 0.25) is 0 Å². The number of hydrogen-bond acceptors (Lipinski definition) is 4. The maximum absolute atomic E-state index is 12.0. The molecule has 1 heterocycles. The number of nitriles is 1. The summed E-state index contributed by atoms with van der Waals surface area (Å²) in [5, 5.41) is 13.8. The number of nitrogens with zero attached hydrogens (tertiary/aromatic N) is 2. The van der Waals surface area contributed by atoms with Crippen molar-refractivity contribution in [3.8, 4) is 6.07 Å². The zero-order valence-electron chi connectivity index (χ0n) is 10.2. The maximum Gasteiger partial charge on any atom is 0.241 e. The van der Waals surface area contributed by atoms with Crippen molar-refractivity contribution in [3.05, 3.63) is 52.5 Å². The molecule has 1 N–H and O–H groups in total. The molecule has 0 fully saturated rings. The van der Waals surface area contributed by atoms with Crippen molar-refractivity contribution >= 4 is 17.2 Å². The molecule has 2 rings (SSSR count). The molecule has 0 aliphatic heterocycles. The van der Waals surface area contributed by atoms with Crippen molar-refractivity contribution < 1.29 is 4.79 Å². The summed E-state index contributed by atoms with van der Waals surface area (Å²) in [7, 11) is 0. The van der Waals surface area contributed by atoms with Crippen LogP contribution in [0, 0.1) is 11.3 Å². The van der Waals surface area contributed by atoms with Gasteiger partial charge in [0.05, 0.1) is 17.3 Å². The third-order valence-electron chi connectivity index (χ3n) is 2.69. The molecule has 2 aromatic rings. The SMILES string of the molecule is N#CC(C(=O)NCCc1cscn1)c1ccccc1.